The van der Waals surface area contributed by atoms with Gasteiger partial charge < -0.3 is 11.1 Å². The van der Waals surface area contributed by atoms with Gasteiger partial charge in [0.25, 0.3) is 5.91 Å². The quantitative estimate of drug-likeness (QED) is 0.768. The first-order chi connectivity index (χ1) is 12.8. The Labute approximate surface area is 167 Å². The zero-order chi connectivity index (χ0) is 19.6. The van der Waals surface area contributed by atoms with Crippen molar-refractivity contribution in [2.75, 3.05) is 5.75 Å². The Balaban J connectivity index is 1.90. The second-order valence-electron chi connectivity index (χ2n) is 6.74. The van der Waals surface area contributed by atoms with Gasteiger partial charge in [0.15, 0.2) is 5.17 Å². The third-order valence-electron chi connectivity index (χ3n) is 4.69. The highest BCUT2D eigenvalue weighted by molar-refractivity contribution is 8.13. The summed E-state index contributed by atoms with van der Waals surface area (Å²) in [5, 5.41) is 3.77. The monoisotopic (exact) mass is 405 g/mol. The molecule has 3 rings (SSSR count). The number of allylic oxidation sites excluding steroid dienone is 3. The van der Waals surface area contributed by atoms with E-state index in [-0.39, 0.29) is 11.6 Å². The summed E-state index contributed by atoms with van der Waals surface area (Å²) in [6.07, 6.45) is 6.25. The van der Waals surface area contributed by atoms with Crippen LogP contribution in [0.15, 0.2) is 58.5 Å². The Morgan fingerprint density at radius 2 is 2.19 bits per heavy atom. The molecule has 1 aromatic carbocycles. The second kappa shape index (κ2) is 7.90. The number of nitrogens with one attached hydrogen (secondary N) is 1. The van der Waals surface area contributed by atoms with Crippen LogP contribution in [0.1, 0.15) is 35.7 Å². The lowest BCUT2D eigenvalue weighted by Crippen LogP contribution is -2.33. The number of hydrogen-bond donors (Lipinski definition) is 2. The summed E-state index contributed by atoms with van der Waals surface area (Å²) in [4.78, 5) is 17.2. The number of amides is 1. The van der Waals surface area contributed by atoms with E-state index in [9.17, 15) is 9.18 Å². The van der Waals surface area contributed by atoms with Gasteiger partial charge in [-0.15, -0.1) is 0 Å². The fraction of sp³-hybridized carbons (Fsp3) is 0.300. The van der Waals surface area contributed by atoms with Crippen LogP contribution in [0.4, 0.5) is 4.39 Å². The number of nitrogens with zero attached hydrogens (tertiary/aromatic N) is 1. The molecule has 1 aliphatic carbocycles. The maximum Gasteiger partial charge on any atom is 0.256 e. The van der Waals surface area contributed by atoms with Crippen LogP contribution < -0.4 is 11.1 Å². The molecule has 2 aliphatic rings. The number of carbonyl (C=O) groups excluding carboxylic acids is 1. The van der Waals surface area contributed by atoms with Crippen LogP contribution in [0, 0.1) is 6.92 Å². The van der Waals surface area contributed by atoms with Crippen molar-refractivity contribution in [2.24, 2.45) is 10.7 Å². The number of benzene rings is 1. The highest BCUT2D eigenvalue weighted by Crippen LogP contribution is 2.35. The molecule has 0 fully saturated rings. The maximum atomic E-state index is 14.5. The molecule has 1 atom stereocenters. The Kier molecular flexibility index (Phi) is 5.77. The van der Waals surface area contributed by atoms with E-state index in [4.69, 9.17) is 17.3 Å². The predicted molar refractivity (Wildman–Crippen MR) is 111 cm³/mol. The smallest absolute Gasteiger partial charge is 0.256 e. The zero-order valence-corrected chi connectivity index (χ0v) is 16.8. The van der Waals surface area contributed by atoms with Gasteiger partial charge in [-0.05, 0) is 68.2 Å². The van der Waals surface area contributed by atoms with Crippen LogP contribution in [0.3, 0.4) is 0 Å². The van der Waals surface area contributed by atoms with E-state index in [0.29, 0.717) is 22.2 Å². The molecule has 1 aromatic rings. The molecule has 0 bridgehead atoms. The molecule has 0 spiro atoms. The van der Waals surface area contributed by atoms with Crippen molar-refractivity contribution in [3.63, 3.8) is 0 Å². The molecule has 1 amide bonds. The van der Waals surface area contributed by atoms with Crippen LogP contribution in [-0.4, -0.2) is 22.4 Å². The molecule has 1 unspecified atom stereocenters. The van der Waals surface area contributed by atoms with E-state index in [2.05, 4.69) is 10.3 Å². The number of aryl methyl sites for hydroxylation is 1. The fourth-order valence-electron chi connectivity index (χ4n) is 3.12. The number of thioether (sulfide) groups is 1. The minimum absolute atomic E-state index is 0.131. The topological polar surface area (TPSA) is 67.5 Å². The lowest BCUT2D eigenvalue weighted by atomic mass is 9.88. The highest BCUT2D eigenvalue weighted by atomic mass is 35.5. The van der Waals surface area contributed by atoms with E-state index in [1.54, 1.807) is 31.2 Å². The molecule has 4 nitrogen and oxygen atoms in total. The summed E-state index contributed by atoms with van der Waals surface area (Å²) in [6.45, 7) is 3.77. The van der Waals surface area contributed by atoms with E-state index in [0.717, 1.165) is 23.3 Å². The fourth-order valence-corrected chi connectivity index (χ4v) is 4.32. The predicted octanol–water partition coefficient (Wildman–Crippen LogP) is 4.66. The highest BCUT2D eigenvalue weighted by Gasteiger charge is 2.31. The Bertz CT molecular complexity index is 906. The van der Waals surface area contributed by atoms with Crippen molar-refractivity contribution < 1.29 is 9.18 Å². The molecule has 0 radical (unpaired) electrons. The molecule has 27 heavy (non-hydrogen) atoms. The molecule has 3 N–H and O–H groups in total. The number of halogens is 2. The largest absolute Gasteiger partial charge is 0.379 e. The average Bonchev–Trinajstić information content (AvgIpc) is 2.77. The summed E-state index contributed by atoms with van der Waals surface area (Å²) >= 11 is 7.46. The number of aliphatic imine (C=N–C) groups is 1. The Morgan fingerprint density at radius 3 is 2.89 bits per heavy atom. The molecular formula is C20H21ClFN3OS. The summed E-state index contributed by atoms with van der Waals surface area (Å²) in [6, 6.07) is 4.97. The normalized spacial score (nSPS) is 22.8. The lowest BCUT2D eigenvalue weighted by molar-refractivity contribution is 0.0964. The van der Waals surface area contributed by atoms with Crippen molar-refractivity contribution in [1.82, 2.24) is 5.32 Å². The number of nitrogens with two attached hydrogens (primary N) is 1. The molecule has 142 valence electrons. The van der Waals surface area contributed by atoms with Crippen molar-refractivity contribution in [3.05, 3.63) is 69.7 Å². The summed E-state index contributed by atoms with van der Waals surface area (Å²) in [7, 11) is 0. The second-order valence-corrected chi connectivity index (χ2v) is 8.29. The van der Waals surface area contributed by atoms with Crippen LogP contribution in [-0.2, 0) is 0 Å². The lowest BCUT2D eigenvalue weighted by Gasteiger charge is -2.30. The SMILES string of the molecule is Cc1cc(Cl)ccc1C(=O)NC1=CC(C2(C)CCSC(N)=N2)=CCC=C1F. The van der Waals surface area contributed by atoms with Crippen molar-refractivity contribution in [1.29, 1.82) is 0 Å². The molecule has 0 saturated heterocycles. The van der Waals surface area contributed by atoms with Crippen LogP contribution in [0.2, 0.25) is 5.02 Å². The van der Waals surface area contributed by atoms with Gasteiger partial charge >= 0.3 is 0 Å². The van der Waals surface area contributed by atoms with E-state index in [1.165, 1.54) is 17.8 Å². The van der Waals surface area contributed by atoms with Crippen molar-refractivity contribution >= 4 is 34.4 Å². The van der Waals surface area contributed by atoms with E-state index >= 15 is 0 Å². The maximum absolute atomic E-state index is 14.5. The van der Waals surface area contributed by atoms with Gasteiger partial charge in [0, 0.05) is 16.3 Å². The van der Waals surface area contributed by atoms with Gasteiger partial charge in [-0.2, -0.15) is 0 Å². The van der Waals surface area contributed by atoms with Gasteiger partial charge in [-0.25, -0.2) is 4.39 Å². The number of hydrogen-bond acceptors (Lipinski definition) is 4. The van der Waals surface area contributed by atoms with E-state index < -0.39 is 11.4 Å². The zero-order valence-electron chi connectivity index (χ0n) is 15.2. The molecule has 7 heteroatoms. The Morgan fingerprint density at radius 1 is 1.41 bits per heavy atom. The first-order valence-electron chi connectivity index (χ1n) is 8.62. The van der Waals surface area contributed by atoms with Crippen LogP contribution >= 0.6 is 23.4 Å². The minimum atomic E-state index is -0.528. The van der Waals surface area contributed by atoms with Gasteiger partial charge in [0.2, 0.25) is 0 Å². The minimum Gasteiger partial charge on any atom is -0.379 e. The summed E-state index contributed by atoms with van der Waals surface area (Å²) < 4.78 is 14.5. The van der Waals surface area contributed by atoms with Crippen molar-refractivity contribution in [2.45, 2.75) is 32.2 Å². The third-order valence-corrected chi connectivity index (χ3v) is 5.72. The van der Waals surface area contributed by atoms with Crippen LogP contribution in [0.5, 0.6) is 0 Å². The van der Waals surface area contributed by atoms with Crippen molar-refractivity contribution in [3.8, 4) is 0 Å². The first-order valence-corrected chi connectivity index (χ1v) is 9.99. The molecule has 1 heterocycles. The average molecular weight is 406 g/mol. The standard InChI is InChI=1S/C20H21ClFN3OS/c1-12-10-14(21)6-7-15(12)18(26)24-17-11-13(4-3-5-16(17)22)20(2)8-9-27-19(23)25-20/h4-7,10-11H,3,8-9H2,1-2H3,(H2,23,25)(H,24,26). The summed E-state index contributed by atoms with van der Waals surface area (Å²) in [5.74, 6) is -0.00183. The van der Waals surface area contributed by atoms with Gasteiger partial charge in [-0.1, -0.05) is 29.4 Å². The van der Waals surface area contributed by atoms with Gasteiger partial charge in [0.05, 0.1) is 11.2 Å². The van der Waals surface area contributed by atoms with Gasteiger partial charge in [0.1, 0.15) is 5.83 Å². The third kappa shape index (κ3) is 4.45. The molecule has 0 saturated carbocycles. The van der Waals surface area contributed by atoms with Crippen LogP contribution in [0.25, 0.3) is 0 Å². The molecular weight excluding hydrogens is 385 g/mol. The molecule has 1 aliphatic heterocycles. The Hall–Kier alpha value is -2.05. The molecule has 0 aromatic heterocycles. The first kappa shape index (κ1) is 19.7. The number of amidine groups is 1. The van der Waals surface area contributed by atoms with Gasteiger partial charge in [-0.3, -0.25) is 9.79 Å². The summed E-state index contributed by atoms with van der Waals surface area (Å²) in [5.41, 5.74) is 7.52. The number of rotatable bonds is 3. The number of carbonyl (C=O) groups is 1. The van der Waals surface area contributed by atoms with E-state index in [1.807, 2.05) is 13.0 Å².